The maximum Gasteiger partial charge on any atom is 0.256 e. The molecule has 0 spiro atoms. The summed E-state index contributed by atoms with van der Waals surface area (Å²) in [4.78, 5) is 4.20. The van der Waals surface area contributed by atoms with Crippen molar-refractivity contribution in [3.05, 3.63) is 42.7 Å². The molecule has 2 rings (SSSR count). The second-order valence-electron chi connectivity index (χ2n) is 5.23. The molecule has 4 nitrogen and oxygen atoms in total. The van der Waals surface area contributed by atoms with Crippen LogP contribution in [0.2, 0.25) is 0 Å². The van der Waals surface area contributed by atoms with Gasteiger partial charge in [-0.2, -0.15) is 0 Å². The molecule has 2 unspecified atom stereocenters. The second kappa shape index (κ2) is 8.74. The van der Waals surface area contributed by atoms with Gasteiger partial charge in [0, 0.05) is 31.0 Å². The van der Waals surface area contributed by atoms with Crippen LogP contribution >= 0.6 is 12.2 Å². The Hall–Kier alpha value is -1.46. The normalized spacial score (nSPS) is 21.5. The number of pyridine rings is 1. The van der Waals surface area contributed by atoms with Gasteiger partial charge in [0.25, 0.3) is 5.17 Å². The number of aromatic nitrogens is 1. The molecule has 0 bridgehead atoms. The third kappa shape index (κ3) is 5.44. The van der Waals surface area contributed by atoms with Gasteiger partial charge in [0.1, 0.15) is 0 Å². The van der Waals surface area contributed by atoms with Gasteiger partial charge in [0.15, 0.2) is 0 Å². The lowest BCUT2D eigenvalue weighted by atomic mass is 9.93. The van der Waals surface area contributed by atoms with Gasteiger partial charge in [-0.25, -0.2) is 0 Å². The quantitative estimate of drug-likeness (QED) is 0.625. The van der Waals surface area contributed by atoms with E-state index in [-0.39, 0.29) is 0 Å². The summed E-state index contributed by atoms with van der Waals surface area (Å²) in [6.45, 7) is 4.91. The molecule has 5 heteroatoms. The fraction of sp³-hybridized carbons (Fsp3) is 0.500. The zero-order valence-electron chi connectivity index (χ0n) is 12.3. The molecule has 2 atom stereocenters. The van der Waals surface area contributed by atoms with Crippen molar-refractivity contribution in [3.8, 4) is 0 Å². The summed E-state index contributed by atoms with van der Waals surface area (Å²) in [7, 11) is 0. The minimum absolute atomic E-state index is 0.406. The van der Waals surface area contributed by atoms with Crippen LogP contribution in [0, 0.1) is 0 Å². The number of rotatable bonds is 6. The van der Waals surface area contributed by atoms with Crippen LogP contribution in [0.5, 0.6) is 0 Å². The molecule has 1 aliphatic heterocycles. The van der Waals surface area contributed by atoms with E-state index < -0.39 is 0 Å². The Bertz CT molecular complexity index is 452. The summed E-state index contributed by atoms with van der Waals surface area (Å²) in [5, 5.41) is 7.11. The smallest absolute Gasteiger partial charge is 0.256 e. The number of thiocarbonyl (C=S) groups is 1. The van der Waals surface area contributed by atoms with E-state index in [9.17, 15) is 0 Å². The molecule has 21 heavy (non-hydrogen) atoms. The van der Waals surface area contributed by atoms with Crippen LogP contribution in [0.25, 0.3) is 0 Å². The van der Waals surface area contributed by atoms with Gasteiger partial charge in [-0.05, 0) is 43.1 Å². The van der Waals surface area contributed by atoms with Crippen LogP contribution in [0.15, 0.2) is 37.2 Å². The van der Waals surface area contributed by atoms with Gasteiger partial charge < -0.3 is 15.4 Å². The maximum atomic E-state index is 5.51. The Balaban J connectivity index is 1.72. The third-order valence-electron chi connectivity index (χ3n) is 3.66. The summed E-state index contributed by atoms with van der Waals surface area (Å²) < 4.78 is 5.51. The van der Waals surface area contributed by atoms with Crippen LogP contribution < -0.4 is 10.6 Å². The lowest BCUT2D eigenvalue weighted by molar-refractivity contribution is 0.237. The summed E-state index contributed by atoms with van der Waals surface area (Å²) in [5.41, 5.74) is 1.27. The van der Waals surface area contributed by atoms with Crippen LogP contribution in [0.1, 0.15) is 37.3 Å². The number of ether oxygens (including phenoxy) is 1. The Morgan fingerprint density at radius 1 is 1.57 bits per heavy atom. The standard InChI is InChI=1S/C16H23N3OS/c1-2-9-18-16(21)20-11-8-14-6-3-7-15(19-14)13-5-4-10-17-12-13/h2,4-5,10,12,14-15,19H,1,3,6-9,11H2,(H,18,21). The van der Waals surface area contributed by atoms with Crippen LogP contribution in [-0.4, -0.2) is 29.4 Å². The van der Waals surface area contributed by atoms with Gasteiger partial charge in [-0.15, -0.1) is 6.58 Å². The topological polar surface area (TPSA) is 46.2 Å². The van der Waals surface area contributed by atoms with Crippen molar-refractivity contribution in [3.63, 3.8) is 0 Å². The molecule has 1 aromatic rings. The zero-order valence-corrected chi connectivity index (χ0v) is 13.1. The minimum atomic E-state index is 0.406. The summed E-state index contributed by atoms with van der Waals surface area (Å²) in [5.74, 6) is 0. The van der Waals surface area contributed by atoms with Crippen LogP contribution in [0.3, 0.4) is 0 Å². The zero-order chi connectivity index (χ0) is 14.9. The van der Waals surface area contributed by atoms with Gasteiger partial charge in [0.2, 0.25) is 0 Å². The van der Waals surface area contributed by atoms with Crippen molar-refractivity contribution < 1.29 is 4.74 Å². The molecule has 1 saturated heterocycles. The lowest BCUT2D eigenvalue weighted by Crippen LogP contribution is -2.38. The fourth-order valence-corrected chi connectivity index (χ4v) is 2.76. The van der Waals surface area contributed by atoms with Crippen molar-refractivity contribution in [2.75, 3.05) is 13.2 Å². The lowest BCUT2D eigenvalue weighted by Gasteiger charge is -2.31. The van der Waals surface area contributed by atoms with Gasteiger partial charge in [-0.1, -0.05) is 18.6 Å². The van der Waals surface area contributed by atoms with E-state index in [0.29, 0.717) is 30.4 Å². The first-order valence-corrected chi connectivity index (χ1v) is 7.88. The van der Waals surface area contributed by atoms with E-state index >= 15 is 0 Å². The summed E-state index contributed by atoms with van der Waals surface area (Å²) in [6.07, 6.45) is 10.1. The van der Waals surface area contributed by atoms with Crippen molar-refractivity contribution in [2.45, 2.75) is 37.8 Å². The Labute approximate surface area is 132 Å². The number of hydrogen-bond donors (Lipinski definition) is 2. The summed E-state index contributed by atoms with van der Waals surface area (Å²) >= 11 is 5.08. The first-order chi connectivity index (χ1) is 10.3. The molecular formula is C16H23N3OS. The van der Waals surface area contributed by atoms with Crippen LogP contribution in [0.4, 0.5) is 0 Å². The molecule has 1 fully saturated rings. The third-order valence-corrected chi connectivity index (χ3v) is 3.92. The summed E-state index contributed by atoms with van der Waals surface area (Å²) in [6, 6.07) is 5.01. The molecule has 0 saturated carbocycles. The first kappa shape index (κ1) is 15.9. The molecule has 0 aromatic carbocycles. The highest BCUT2D eigenvalue weighted by atomic mass is 32.1. The van der Waals surface area contributed by atoms with Gasteiger partial charge in [-0.3, -0.25) is 4.98 Å². The minimum Gasteiger partial charge on any atom is -0.471 e. The number of nitrogens with one attached hydrogen (secondary N) is 2. The van der Waals surface area contributed by atoms with E-state index in [2.05, 4.69) is 28.3 Å². The van der Waals surface area contributed by atoms with E-state index in [1.54, 1.807) is 6.08 Å². The van der Waals surface area contributed by atoms with Crippen molar-refractivity contribution in [1.29, 1.82) is 0 Å². The van der Waals surface area contributed by atoms with Crippen molar-refractivity contribution in [1.82, 2.24) is 15.6 Å². The highest BCUT2D eigenvalue weighted by Crippen LogP contribution is 2.25. The fourth-order valence-electron chi connectivity index (χ4n) is 2.59. The van der Waals surface area contributed by atoms with E-state index in [1.165, 1.54) is 24.8 Å². The molecule has 1 aliphatic rings. The highest BCUT2D eigenvalue weighted by molar-refractivity contribution is 7.80. The molecule has 0 amide bonds. The number of piperidine rings is 1. The second-order valence-corrected chi connectivity index (χ2v) is 5.60. The van der Waals surface area contributed by atoms with Gasteiger partial charge in [0.05, 0.1) is 6.61 Å². The monoisotopic (exact) mass is 305 g/mol. The molecule has 2 N–H and O–H groups in total. The largest absolute Gasteiger partial charge is 0.471 e. The number of nitrogens with zero attached hydrogens (tertiary/aromatic N) is 1. The van der Waals surface area contributed by atoms with E-state index in [4.69, 9.17) is 17.0 Å². The first-order valence-electron chi connectivity index (χ1n) is 7.47. The average molecular weight is 305 g/mol. The Morgan fingerprint density at radius 3 is 3.24 bits per heavy atom. The van der Waals surface area contributed by atoms with Crippen molar-refractivity contribution >= 4 is 17.4 Å². The van der Waals surface area contributed by atoms with Crippen molar-refractivity contribution in [2.24, 2.45) is 0 Å². The highest BCUT2D eigenvalue weighted by Gasteiger charge is 2.22. The van der Waals surface area contributed by atoms with Gasteiger partial charge >= 0.3 is 0 Å². The predicted octanol–water partition coefficient (Wildman–Crippen LogP) is 2.73. The van der Waals surface area contributed by atoms with E-state index in [1.807, 2.05) is 18.5 Å². The SMILES string of the molecule is C=CCNC(=S)OCCC1CCCC(c2cccnc2)N1. The molecule has 2 heterocycles. The molecule has 0 aliphatic carbocycles. The van der Waals surface area contributed by atoms with Crippen LogP contribution in [-0.2, 0) is 4.74 Å². The molecule has 1 aromatic heterocycles. The molecule has 114 valence electrons. The Morgan fingerprint density at radius 2 is 2.48 bits per heavy atom. The maximum absolute atomic E-state index is 5.51. The molecule has 0 radical (unpaired) electrons. The number of hydrogen-bond acceptors (Lipinski definition) is 4. The predicted molar refractivity (Wildman–Crippen MR) is 89.1 cm³/mol. The average Bonchev–Trinajstić information content (AvgIpc) is 2.54. The Kier molecular flexibility index (Phi) is 6.63. The molecular weight excluding hydrogens is 282 g/mol. The van der Waals surface area contributed by atoms with E-state index in [0.717, 1.165) is 6.42 Å².